The number of nitrogens with one attached hydrogen (secondary N) is 1. The Hall–Kier alpha value is -1.79. The molecule has 21 heavy (non-hydrogen) atoms. The highest BCUT2D eigenvalue weighted by Crippen LogP contribution is 2.30. The van der Waals surface area contributed by atoms with Crippen molar-refractivity contribution in [1.82, 2.24) is 10.2 Å². The van der Waals surface area contributed by atoms with Gasteiger partial charge in [-0.1, -0.05) is 0 Å². The van der Waals surface area contributed by atoms with Crippen LogP contribution in [-0.2, 0) is 9.53 Å². The molecule has 0 saturated carbocycles. The molecule has 0 fully saturated rings. The van der Waals surface area contributed by atoms with Crippen molar-refractivity contribution in [3.05, 3.63) is 23.8 Å². The highest BCUT2D eigenvalue weighted by Gasteiger charge is 2.24. The van der Waals surface area contributed by atoms with E-state index in [9.17, 15) is 4.79 Å². The van der Waals surface area contributed by atoms with Crippen LogP contribution in [-0.4, -0.2) is 59.4 Å². The molecule has 0 aromatic heterocycles. The van der Waals surface area contributed by atoms with Gasteiger partial charge in [-0.3, -0.25) is 5.32 Å². The van der Waals surface area contributed by atoms with Crippen LogP contribution in [0.15, 0.2) is 18.2 Å². The zero-order valence-electron chi connectivity index (χ0n) is 13.3. The van der Waals surface area contributed by atoms with Gasteiger partial charge in [-0.15, -0.1) is 0 Å². The largest absolute Gasteiger partial charge is 0.497 e. The molecule has 1 N–H and O–H groups in total. The molecule has 1 atom stereocenters. The number of nitrogens with zero attached hydrogens (tertiary/aromatic N) is 1. The monoisotopic (exact) mass is 296 g/mol. The van der Waals surface area contributed by atoms with Crippen molar-refractivity contribution in [2.24, 2.45) is 0 Å². The second kappa shape index (κ2) is 8.49. The van der Waals surface area contributed by atoms with E-state index < -0.39 is 6.04 Å². The normalized spacial score (nSPS) is 12.1. The summed E-state index contributed by atoms with van der Waals surface area (Å²) >= 11 is 0. The predicted octanol–water partition coefficient (Wildman–Crippen LogP) is 1.07. The number of benzene rings is 1. The lowest BCUT2D eigenvalue weighted by atomic mass is 10.0. The minimum Gasteiger partial charge on any atom is -0.497 e. The van der Waals surface area contributed by atoms with Crippen LogP contribution in [0.2, 0.25) is 0 Å². The topological polar surface area (TPSA) is 60.0 Å². The van der Waals surface area contributed by atoms with E-state index in [1.54, 1.807) is 32.4 Å². The highest BCUT2D eigenvalue weighted by atomic mass is 16.5. The molecule has 0 spiro atoms. The quantitative estimate of drug-likeness (QED) is 0.724. The molecular formula is C15H24N2O4. The van der Waals surface area contributed by atoms with Crippen LogP contribution in [0.4, 0.5) is 0 Å². The number of hydrogen-bond acceptors (Lipinski definition) is 6. The summed E-state index contributed by atoms with van der Waals surface area (Å²) in [7, 11) is 8.47. The van der Waals surface area contributed by atoms with E-state index in [4.69, 9.17) is 14.2 Å². The Morgan fingerprint density at radius 1 is 1.24 bits per heavy atom. The van der Waals surface area contributed by atoms with Gasteiger partial charge in [0, 0.05) is 18.7 Å². The zero-order chi connectivity index (χ0) is 15.8. The summed E-state index contributed by atoms with van der Waals surface area (Å²) in [5.41, 5.74) is 0.697. The molecule has 0 bridgehead atoms. The summed E-state index contributed by atoms with van der Waals surface area (Å²) in [6.07, 6.45) is 0. The van der Waals surface area contributed by atoms with Crippen LogP contribution in [0.1, 0.15) is 11.6 Å². The third-order valence-corrected chi connectivity index (χ3v) is 3.09. The minimum atomic E-state index is -0.597. The van der Waals surface area contributed by atoms with Gasteiger partial charge in [0.25, 0.3) is 0 Å². The molecule has 0 saturated heterocycles. The van der Waals surface area contributed by atoms with E-state index in [-0.39, 0.29) is 5.97 Å². The third kappa shape index (κ3) is 4.91. The number of methoxy groups -OCH3 is 3. The van der Waals surface area contributed by atoms with Gasteiger partial charge in [0.2, 0.25) is 0 Å². The van der Waals surface area contributed by atoms with E-state index in [2.05, 4.69) is 5.32 Å². The summed E-state index contributed by atoms with van der Waals surface area (Å²) in [4.78, 5) is 14.1. The predicted molar refractivity (Wildman–Crippen MR) is 80.9 cm³/mol. The Labute approximate surface area is 126 Å². The number of carbonyl (C=O) groups excluding carboxylic acids is 1. The molecule has 6 nitrogen and oxygen atoms in total. The second-order valence-electron chi connectivity index (χ2n) is 4.82. The number of ether oxygens (including phenoxy) is 3. The van der Waals surface area contributed by atoms with Gasteiger partial charge in [-0.25, -0.2) is 4.79 Å². The maximum absolute atomic E-state index is 12.1. The Morgan fingerprint density at radius 2 is 1.95 bits per heavy atom. The first-order chi connectivity index (χ1) is 10.0. The second-order valence-corrected chi connectivity index (χ2v) is 4.82. The number of esters is 1. The van der Waals surface area contributed by atoms with Crippen molar-refractivity contribution < 1.29 is 19.0 Å². The lowest BCUT2D eigenvalue weighted by molar-refractivity contribution is -0.143. The van der Waals surface area contributed by atoms with E-state index in [0.29, 0.717) is 23.6 Å². The van der Waals surface area contributed by atoms with Crippen LogP contribution in [0.25, 0.3) is 0 Å². The van der Waals surface area contributed by atoms with Crippen molar-refractivity contribution in [2.75, 3.05) is 48.5 Å². The van der Waals surface area contributed by atoms with Gasteiger partial charge < -0.3 is 19.1 Å². The summed E-state index contributed by atoms with van der Waals surface area (Å²) in [6, 6.07) is 4.75. The summed E-state index contributed by atoms with van der Waals surface area (Å²) in [6.45, 7) is 1.45. The van der Waals surface area contributed by atoms with E-state index >= 15 is 0 Å². The number of hydrogen-bond donors (Lipinski definition) is 1. The Balaban J connectivity index is 3.03. The standard InChI is InChI=1S/C15H24N2O4/c1-17(2)9-8-16-14(15(18)21-5)12-10-11(19-3)6-7-13(12)20-4/h6-7,10,14,16H,8-9H2,1-5H3. The van der Waals surface area contributed by atoms with Gasteiger partial charge in [-0.05, 0) is 32.3 Å². The molecule has 0 amide bonds. The fourth-order valence-corrected chi connectivity index (χ4v) is 1.94. The zero-order valence-corrected chi connectivity index (χ0v) is 13.3. The maximum atomic E-state index is 12.1. The lowest BCUT2D eigenvalue weighted by Gasteiger charge is -2.21. The fraction of sp³-hybridized carbons (Fsp3) is 0.533. The molecule has 0 aliphatic rings. The van der Waals surface area contributed by atoms with Crippen molar-refractivity contribution in [1.29, 1.82) is 0 Å². The van der Waals surface area contributed by atoms with Crippen LogP contribution in [0.5, 0.6) is 11.5 Å². The minimum absolute atomic E-state index is 0.361. The van der Waals surface area contributed by atoms with Crippen LogP contribution < -0.4 is 14.8 Å². The van der Waals surface area contributed by atoms with Gasteiger partial charge in [0.15, 0.2) is 0 Å². The Morgan fingerprint density at radius 3 is 2.48 bits per heavy atom. The highest BCUT2D eigenvalue weighted by molar-refractivity contribution is 5.78. The first-order valence-electron chi connectivity index (χ1n) is 6.71. The molecule has 0 heterocycles. The van der Waals surface area contributed by atoms with Crippen molar-refractivity contribution in [3.8, 4) is 11.5 Å². The summed E-state index contributed by atoms with van der Waals surface area (Å²) in [5.74, 6) is 0.915. The molecule has 1 rings (SSSR count). The van der Waals surface area contributed by atoms with E-state index in [1.165, 1.54) is 7.11 Å². The van der Waals surface area contributed by atoms with Gasteiger partial charge in [0.1, 0.15) is 17.5 Å². The lowest BCUT2D eigenvalue weighted by Crippen LogP contribution is -2.34. The van der Waals surface area contributed by atoms with Crippen molar-refractivity contribution >= 4 is 5.97 Å². The smallest absolute Gasteiger partial charge is 0.327 e. The molecule has 0 aliphatic heterocycles. The number of likely N-dealkylation sites (N-methyl/N-ethyl adjacent to an activating group) is 1. The van der Waals surface area contributed by atoms with E-state index in [1.807, 2.05) is 19.0 Å². The van der Waals surface area contributed by atoms with Gasteiger partial charge in [0.05, 0.1) is 21.3 Å². The van der Waals surface area contributed by atoms with Crippen molar-refractivity contribution in [3.63, 3.8) is 0 Å². The molecule has 1 unspecified atom stereocenters. The Bertz CT molecular complexity index is 463. The SMILES string of the molecule is COC(=O)C(NCCN(C)C)c1cc(OC)ccc1OC. The first-order valence-corrected chi connectivity index (χ1v) is 6.71. The average molecular weight is 296 g/mol. The Kier molecular flexibility index (Phi) is 6.98. The summed E-state index contributed by atoms with van der Waals surface area (Å²) < 4.78 is 15.4. The molecule has 0 radical (unpaired) electrons. The molecule has 0 aliphatic carbocycles. The summed E-state index contributed by atoms with van der Waals surface area (Å²) in [5, 5.41) is 3.19. The molecule has 6 heteroatoms. The van der Waals surface area contributed by atoms with Crippen molar-refractivity contribution in [2.45, 2.75) is 6.04 Å². The molecular weight excluding hydrogens is 272 g/mol. The third-order valence-electron chi connectivity index (χ3n) is 3.09. The molecule has 1 aromatic rings. The van der Waals surface area contributed by atoms with Crippen LogP contribution in [0, 0.1) is 0 Å². The molecule has 1 aromatic carbocycles. The van der Waals surface area contributed by atoms with Crippen LogP contribution in [0.3, 0.4) is 0 Å². The number of carbonyl (C=O) groups is 1. The van der Waals surface area contributed by atoms with Crippen LogP contribution >= 0.6 is 0 Å². The molecule has 118 valence electrons. The maximum Gasteiger partial charge on any atom is 0.327 e. The van der Waals surface area contributed by atoms with E-state index in [0.717, 1.165) is 6.54 Å². The first kappa shape index (κ1) is 17.3. The number of rotatable bonds is 8. The fourth-order valence-electron chi connectivity index (χ4n) is 1.94. The van der Waals surface area contributed by atoms with Gasteiger partial charge >= 0.3 is 5.97 Å². The van der Waals surface area contributed by atoms with Gasteiger partial charge in [-0.2, -0.15) is 0 Å². The average Bonchev–Trinajstić information content (AvgIpc) is 2.50.